The van der Waals surface area contributed by atoms with E-state index in [0.29, 0.717) is 24.8 Å². The molecule has 0 aromatic carbocycles. The highest BCUT2D eigenvalue weighted by Gasteiger charge is 2.57. The predicted molar refractivity (Wildman–Crippen MR) is 95.5 cm³/mol. The van der Waals surface area contributed by atoms with Crippen LogP contribution in [0, 0.1) is 11.8 Å². The van der Waals surface area contributed by atoms with Crippen molar-refractivity contribution in [1.82, 2.24) is 0 Å². The number of hydrogen-bond acceptors (Lipinski definition) is 7. The van der Waals surface area contributed by atoms with E-state index >= 15 is 0 Å². The zero-order valence-corrected chi connectivity index (χ0v) is 16.0. The number of aliphatic hydroxyl groups excluding tert-OH is 2. The van der Waals surface area contributed by atoms with E-state index in [9.17, 15) is 19.8 Å². The maximum atomic E-state index is 12.5. The van der Waals surface area contributed by atoms with E-state index in [4.69, 9.17) is 14.2 Å². The van der Waals surface area contributed by atoms with E-state index in [-0.39, 0.29) is 30.2 Å². The molecule has 3 rings (SSSR count). The minimum atomic E-state index is -0.894. The van der Waals surface area contributed by atoms with Crippen molar-refractivity contribution in [3.8, 4) is 0 Å². The minimum Gasteiger partial charge on any atom is -0.461 e. The van der Waals surface area contributed by atoms with Crippen molar-refractivity contribution in [2.45, 2.75) is 70.1 Å². The van der Waals surface area contributed by atoms with Crippen LogP contribution in [-0.2, 0) is 23.8 Å². The first kappa shape index (κ1) is 20.0. The van der Waals surface area contributed by atoms with E-state index in [1.807, 2.05) is 13.8 Å². The third-order valence-corrected chi connectivity index (χ3v) is 6.01. The number of ether oxygens (including phenoxy) is 3. The number of rotatable bonds is 4. The van der Waals surface area contributed by atoms with Crippen LogP contribution in [0.3, 0.4) is 0 Å². The van der Waals surface area contributed by atoms with E-state index in [2.05, 4.69) is 6.58 Å². The van der Waals surface area contributed by atoms with Crippen LogP contribution < -0.4 is 0 Å². The van der Waals surface area contributed by atoms with E-state index < -0.39 is 35.8 Å². The third-order valence-electron chi connectivity index (χ3n) is 6.01. The van der Waals surface area contributed by atoms with Crippen molar-refractivity contribution in [3.63, 3.8) is 0 Å². The third kappa shape index (κ3) is 3.81. The average molecular weight is 380 g/mol. The molecule has 2 aliphatic heterocycles. The Kier molecular flexibility index (Phi) is 5.47. The Morgan fingerprint density at radius 1 is 1.52 bits per heavy atom. The Morgan fingerprint density at radius 2 is 2.22 bits per heavy atom. The second-order valence-electron chi connectivity index (χ2n) is 7.98. The number of hydrogen-bond donors (Lipinski definition) is 2. The molecule has 27 heavy (non-hydrogen) atoms. The summed E-state index contributed by atoms with van der Waals surface area (Å²) in [6.45, 7) is 9.07. The average Bonchev–Trinajstić information content (AvgIpc) is 3.15. The maximum Gasteiger partial charge on any atom is 0.334 e. The molecule has 0 saturated carbocycles. The molecule has 0 unspecified atom stereocenters. The van der Waals surface area contributed by atoms with Gasteiger partial charge in [0.25, 0.3) is 0 Å². The first-order valence-electron chi connectivity index (χ1n) is 9.47. The lowest BCUT2D eigenvalue weighted by atomic mass is 9.82. The second-order valence-corrected chi connectivity index (χ2v) is 7.98. The minimum absolute atomic E-state index is 0.213. The molecular weight excluding hydrogens is 352 g/mol. The van der Waals surface area contributed by atoms with Crippen LogP contribution in [0.15, 0.2) is 23.8 Å². The molecule has 1 aliphatic carbocycles. The maximum absolute atomic E-state index is 12.5. The molecule has 0 spiro atoms. The van der Waals surface area contributed by atoms with Crippen LogP contribution in [0.25, 0.3) is 0 Å². The number of carbonyl (C=O) groups is 2. The summed E-state index contributed by atoms with van der Waals surface area (Å²) in [5.41, 5.74) is 0.0149. The Hall–Kier alpha value is -1.70. The highest BCUT2D eigenvalue weighted by molar-refractivity contribution is 5.91. The van der Waals surface area contributed by atoms with Gasteiger partial charge in [0.05, 0.1) is 36.3 Å². The summed E-state index contributed by atoms with van der Waals surface area (Å²) in [5, 5.41) is 20.1. The lowest BCUT2D eigenvalue weighted by molar-refractivity contribution is -0.157. The van der Waals surface area contributed by atoms with Gasteiger partial charge >= 0.3 is 11.9 Å². The van der Waals surface area contributed by atoms with E-state index in [1.54, 1.807) is 13.0 Å². The molecule has 2 fully saturated rings. The fourth-order valence-electron chi connectivity index (χ4n) is 3.86. The van der Waals surface area contributed by atoms with Crippen LogP contribution in [0.4, 0.5) is 0 Å². The van der Waals surface area contributed by atoms with E-state index in [1.165, 1.54) is 0 Å². The Balaban J connectivity index is 1.97. The Morgan fingerprint density at radius 3 is 2.85 bits per heavy atom. The highest BCUT2D eigenvalue weighted by atomic mass is 16.6. The molecule has 7 atom stereocenters. The van der Waals surface area contributed by atoms with Gasteiger partial charge in [0.15, 0.2) is 0 Å². The van der Waals surface area contributed by atoms with E-state index in [0.717, 1.165) is 0 Å². The number of epoxide rings is 1. The topological polar surface area (TPSA) is 106 Å². The zero-order chi connectivity index (χ0) is 19.9. The number of aliphatic hydroxyl groups is 2. The van der Waals surface area contributed by atoms with Crippen molar-refractivity contribution in [2.24, 2.45) is 11.8 Å². The molecule has 0 radical (unpaired) electrons. The van der Waals surface area contributed by atoms with Gasteiger partial charge in [-0.1, -0.05) is 20.4 Å². The molecule has 150 valence electrons. The summed E-state index contributed by atoms with van der Waals surface area (Å²) in [6.07, 6.45) is 0.400. The van der Waals surface area contributed by atoms with Crippen molar-refractivity contribution in [1.29, 1.82) is 0 Å². The molecule has 0 bridgehead atoms. The SMILES string of the molecule is C=C1C(=O)O[C@@H]2/C=C(/CO)[C@@H](O)C[C@H]3O[C@]3(C)C[C@@H](OC(=O)[C@@H](C)CC)[C@@H]12. The highest BCUT2D eigenvalue weighted by Crippen LogP contribution is 2.48. The van der Waals surface area contributed by atoms with Crippen molar-refractivity contribution < 1.29 is 34.0 Å². The van der Waals surface area contributed by atoms with Crippen molar-refractivity contribution in [3.05, 3.63) is 23.8 Å². The quantitative estimate of drug-likeness (QED) is 0.327. The molecule has 3 aliphatic rings. The molecule has 7 nitrogen and oxygen atoms in total. The summed E-state index contributed by atoms with van der Waals surface area (Å²) in [6, 6.07) is 0. The summed E-state index contributed by atoms with van der Waals surface area (Å²) >= 11 is 0. The van der Waals surface area contributed by atoms with Gasteiger partial charge in [-0.05, 0) is 25.0 Å². The van der Waals surface area contributed by atoms with Crippen LogP contribution in [0.1, 0.15) is 40.0 Å². The van der Waals surface area contributed by atoms with Gasteiger partial charge in [0.1, 0.15) is 12.2 Å². The molecule has 0 aromatic rings. The zero-order valence-electron chi connectivity index (χ0n) is 16.0. The van der Waals surface area contributed by atoms with Gasteiger partial charge in [0, 0.05) is 18.4 Å². The van der Waals surface area contributed by atoms with Crippen LogP contribution >= 0.6 is 0 Å². The van der Waals surface area contributed by atoms with Gasteiger partial charge in [0.2, 0.25) is 0 Å². The van der Waals surface area contributed by atoms with Crippen molar-refractivity contribution >= 4 is 11.9 Å². The number of fused-ring (bicyclic) bond motifs is 2. The van der Waals surface area contributed by atoms with Gasteiger partial charge in [-0.15, -0.1) is 0 Å². The molecule has 7 heteroatoms. The lowest BCUT2D eigenvalue weighted by Crippen LogP contribution is -2.39. The summed E-state index contributed by atoms with van der Waals surface area (Å²) in [7, 11) is 0. The number of carbonyl (C=O) groups excluding carboxylic acids is 2. The second kappa shape index (κ2) is 7.37. The lowest BCUT2D eigenvalue weighted by Gasteiger charge is -2.30. The first-order chi connectivity index (χ1) is 12.7. The summed E-state index contributed by atoms with van der Waals surface area (Å²) in [5.74, 6) is -1.74. The van der Waals surface area contributed by atoms with Crippen LogP contribution in [-0.4, -0.2) is 58.8 Å². The molecular formula is C20H28O7. The van der Waals surface area contributed by atoms with Gasteiger partial charge < -0.3 is 24.4 Å². The fourth-order valence-corrected chi connectivity index (χ4v) is 3.86. The smallest absolute Gasteiger partial charge is 0.334 e. The first-order valence-corrected chi connectivity index (χ1v) is 9.47. The summed E-state index contributed by atoms with van der Waals surface area (Å²) in [4.78, 5) is 24.6. The molecule has 2 saturated heterocycles. The van der Waals surface area contributed by atoms with Gasteiger partial charge in [-0.2, -0.15) is 0 Å². The Labute approximate surface area is 159 Å². The fraction of sp³-hybridized carbons (Fsp3) is 0.700. The number of esters is 2. The Bertz CT molecular complexity index is 669. The van der Waals surface area contributed by atoms with Crippen molar-refractivity contribution in [2.75, 3.05) is 6.61 Å². The molecule has 2 N–H and O–H groups in total. The predicted octanol–water partition coefficient (Wildman–Crippen LogP) is 1.27. The van der Waals surface area contributed by atoms with Gasteiger partial charge in [-0.25, -0.2) is 4.79 Å². The summed E-state index contributed by atoms with van der Waals surface area (Å²) < 4.78 is 17.0. The van der Waals surface area contributed by atoms with Gasteiger partial charge in [-0.3, -0.25) is 4.79 Å². The molecule has 0 aromatic heterocycles. The van der Waals surface area contributed by atoms with Crippen LogP contribution in [0.2, 0.25) is 0 Å². The molecule has 2 heterocycles. The largest absolute Gasteiger partial charge is 0.461 e. The van der Waals surface area contributed by atoms with Crippen LogP contribution in [0.5, 0.6) is 0 Å². The monoisotopic (exact) mass is 380 g/mol. The standard InChI is InChI=1S/C20H28O7/c1-5-10(2)18(23)26-15-8-20(4)16(27-20)7-13(22)12(9-21)6-14-17(15)11(3)19(24)25-14/h6,10,13-17,21-22H,3,5,7-9H2,1-2,4H3/b12-6-/t10-,13-,14+,15+,16+,17-,20+/m0/s1. The molecule has 0 amide bonds. The normalized spacial score (nSPS) is 41.5.